The molecule has 0 radical (unpaired) electrons. The lowest BCUT2D eigenvalue weighted by atomic mass is 9.60. The zero-order valence-corrected chi connectivity index (χ0v) is 18.1. The molecule has 162 valence electrons. The first-order valence-corrected chi connectivity index (χ1v) is 10.8. The minimum absolute atomic E-state index is 0.00726. The second kappa shape index (κ2) is 7.60. The normalized spacial score (nSPS) is 25.4. The molecule has 3 amide bonds. The third-order valence-electron chi connectivity index (χ3n) is 7.63. The minimum Gasteiger partial charge on any atom is -0.497 e. The van der Waals surface area contributed by atoms with Crippen molar-refractivity contribution in [2.24, 2.45) is 10.8 Å². The van der Waals surface area contributed by atoms with Gasteiger partial charge < -0.3 is 19.4 Å². The molecule has 0 saturated carbocycles. The highest BCUT2D eigenvalue weighted by Gasteiger charge is 2.65. The summed E-state index contributed by atoms with van der Waals surface area (Å²) in [5, 5.41) is 0. The van der Waals surface area contributed by atoms with Crippen LogP contribution >= 0.6 is 0 Å². The zero-order chi connectivity index (χ0) is 21.5. The molecular formula is C23H31N3O4. The lowest BCUT2D eigenvalue weighted by Crippen LogP contribution is -2.53. The number of ether oxygens (including phenoxy) is 1. The van der Waals surface area contributed by atoms with Crippen molar-refractivity contribution in [1.82, 2.24) is 14.7 Å². The van der Waals surface area contributed by atoms with Crippen molar-refractivity contribution >= 4 is 17.7 Å². The van der Waals surface area contributed by atoms with Gasteiger partial charge in [0.1, 0.15) is 5.75 Å². The summed E-state index contributed by atoms with van der Waals surface area (Å²) < 4.78 is 5.25. The summed E-state index contributed by atoms with van der Waals surface area (Å²) >= 11 is 0. The van der Waals surface area contributed by atoms with Gasteiger partial charge >= 0.3 is 0 Å². The molecule has 0 aromatic heterocycles. The van der Waals surface area contributed by atoms with Crippen LogP contribution in [0.3, 0.4) is 0 Å². The SMILES string of the molecule is CCN1CCC2(CN(C(C)=O)CC23CCN(C(=O)c2cccc(OC)c2)CC3)C1=O. The van der Waals surface area contributed by atoms with Crippen LogP contribution in [0.5, 0.6) is 5.75 Å². The molecule has 0 N–H and O–H groups in total. The maximum absolute atomic E-state index is 13.4. The van der Waals surface area contributed by atoms with E-state index in [4.69, 9.17) is 4.74 Å². The first-order valence-electron chi connectivity index (χ1n) is 10.8. The predicted molar refractivity (Wildman–Crippen MR) is 112 cm³/mol. The summed E-state index contributed by atoms with van der Waals surface area (Å²) in [6.07, 6.45) is 2.29. The van der Waals surface area contributed by atoms with Gasteiger partial charge in [0.25, 0.3) is 5.91 Å². The molecule has 1 unspecified atom stereocenters. The van der Waals surface area contributed by atoms with Crippen molar-refractivity contribution in [2.45, 2.75) is 33.1 Å². The van der Waals surface area contributed by atoms with Gasteiger partial charge in [-0.05, 0) is 44.4 Å². The van der Waals surface area contributed by atoms with Gasteiger partial charge in [-0.25, -0.2) is 0 Å². The lowest BCUT2D eigenvalue weighted by molar-refractivity contribution is -0.141. The Balaban J connectivity index is 1.56. The number of hydrogen-bond donors (Lipinski definition) is 0. The van der Waals surface area contributed by atoms with Crippen molar-refractivity contribution in [2.75, 3.05) is 46.4 Å². The van der Waals surface area contributed by atoms with Crippen LogP contribution in [-0.2, 0) is 9.59 Å². The molecule has 7 heteroatoms. The fourth-order valence-electron chi connectivity index (χ4n) is 5.78. The lowest BCUT2D eigenvalue weighted by Gasteiger charge is -2.46. The average molecular weight is 414 g/mol. The first-order chi connectivity index (χ1) is 14.4. The molecule has 3 heterocycles. The fraction of sp³-hybridized carbons (Fsp3) is 0.609. The van der Waals surface area contributed by atoms with Gasteiger partial charge in [0.15, 0.2) is 0 Å². The molecule has 3 saturated heterocycles. The Labute approximate surface area is 177 Å². The van der Waals surface area contributed by atoms with E-state index in [9.17, 15) is 14.4 Å². The van der Waals surface area contributed by atoms with E-state index in [2.05, 4.69) is 0 Å². The number of amides is 3. The first kappa shape index (κ1) is 20.7. The van der Waals surface area contributed by atoms with Crippen LogP contribution < -0.4 is 4.74 Å². The number of nitrogens with zero attached hydrogens (tertiary/aromatic N) is 3. The molecular weight excluding hydrogens is 382 g/mol. The maximum atomic E-state index is 13.4. The highest BCUT2D eigenvalue weighted by molar-refractivity contribution is 5.95. The van der Waals surface area contributed by atoms with Gasteiger partial charge in [-0.2, -0.15) is 0 Å². The Morgan fingerprint density at radius 2 is 1.80 bits per heavy atom. The summed E-state index contributed by atoms with van der Waals surface area (Å²) in [7, 11) is 1.59. The highest BCUT2D eigenvalue weighted by Crippen LogP contribution is 2.57. The standard InChI is InChI=1S/C23H31N3O4/c1-4-24-13-10-23(21(24)29)16-26(17(2)27)15-22(23)8-11-25(12-9-22)20(28)18-6-5-7-19(14-18)30-3/h5-7,14H,4,8-13,15-16H2,1-3H3. The molecule has 1 aromatic carbocycles. The van der Waals surface area contributed by atoms with Gasteiger partial charge in [0.05, 0.1) is 12.5 Å². The summed E-state index contributed by atoms with van der Waals surface area (Å²) in [5.74, 6) is 0.884. The molecule has 2 spiro atoms. The van der Waals surface area contributed by atoms with Crippen LogP contribution in [0.15, 0.2) is 24.3 Å². The number of likely N-dealkylation sites (tertiary alicyclic amines) is 3. The van der Waals surface area contributed by atoms with Gasteiger partial charge in [-0.3, -0.25) is 14.4 Å². The number of methoxy groups -OCH3 is 1. The van der Waals surface area contributed by atoms with Crippen molar-refractivity contribution in [3.8, 4) is 5.75 Å². The van der Waals surface area contributed by atoms with Gasteiger partial charge in [-0.1, -0.05) is 6.07 Å². The average Bonchev–Trinajstić information content (AvgIpc) is 3.26. The summed E-state index contributed by atoms with van der Waals surface area (Å²) in [4.78, 5) is 44.3. The van der Waals surface area contributed by atoms with E-state index in [1.165, 1.54) is 0 Å². The van der Waals surface area contributed by atoms with E-state index in [1.54, 1.807) is 20.1 Å². The molecule has 30 heavy (non-hydrogen) atoms. The van der Waals surface area contributed by atoms with Crippen molar-refractivity contribution in [3.05, 3.63) is 29.8 Å². The number of rotatable bonds is 3. The maximum Gasteiger partial charge on any atom is 0.253 e. The Bertz CT molecular complexity index is 862. The van der Waals surface area contributed by atoms with E-state index in [-0.39, 0.29) is 23.1 Å². The third kappa shape index (κ3) is 3.06. The minimum atomic E-state index is -0.500. The van der Waals surface area contributed by atoms with Crippen molar-refractivity contribution in [1.29, 1.82) is 0 Å². The van der Waals surface area contributed by atoms with Crippen LogP contribution in [0.2, 0.25) is 0 Å². The number of fused-ring (bicyclic) bond motifs is 1. The monoisotopic (exact) mass is 413 g/mol. The highest BCUT2D eigenvalue weighted by atomic mass is 16.5. The van der Waals surface area contributed by atoms with E-state index in [1.807, 2.05) is 39.8 Å². The van der Waals surface area contributed by atoms with Gasteiger partial charge in [0.2, 0.25) is 11.8 Å². The van der Waals surface area contributed by atoms with Crippen LogP contribution in [0, 0.1) is 10.8 Å². The Morgan fingerprint density at radius 1 is 1.07 bits per heavy atom. The van der Waals surface area contributed by atoms with Crippen LogP contribution in [0.25, 0.3) is 0 Å². The van der Waals surface area contributed by atoms with Gasteiger partial charge in [0, 0.05) is 57.2 Å². The molecule has 7 nitrogen and oxygen atoms in total. The quantitative estimate of drug-likeness (QED) is 0.760. The molecule has 3 aliphatic rings. The van der Waals surface area contributed by atoms with Crippen molar-refractivity contribution < 1.29 is 19.1 Å². The molecule has 1 atom stereocenters. The number of piperidine rings is 1. The van der Waals surface area contributed by atoms with E-state index >= 15 is 0 Å². The van der Waals surface area contributed by atoms with E-state index in [0.29, 0.717) is 44.0 Å². The molecule has 3 aliphatic heterocycles. The number of benzene rings is 1. The third-order valence-corrected chi connectivity index (χ3v) is 7.63. The van der Waals surface area contributed by atoms with Crippen LogP contribution in [0.4, 0.5) is 0 Å². The molecule has 0 aliphatic carbocycles. The second-order valence-electron chi connectivity index (χ2n) is 8.90. The largest absolute Gasteiger partial charge is 0.497 e. The Morgan fingerprint density at radius 3 is 2.40 bits per heavy atom. The van der Waals surface area contributed by atoms with Crippen molar-refractivity contribution in [3.63, 3.8) is 0 Å². The Hall–Kier alpha value is -2.57. The smallest absolute Gasteiger partial charge is 0.253 e. The van der Waals surface area contributed by atoms with Crippen LogP contribution in [-0.4, -0.2) is 78.8 Å². The number of carbonyl (C=O) groups is 3. The second-order valence-corrected chi connectivity index (χ2v) is 8.90. The number of hydrogen-bond acceptors (Lipinski definition) is 4. The topological polar surface area (TPSA) is 70.2 Å². The molecule has 4 rings (SSSR count). The zero-order valence-electron chi connectivity index (χ0n) is 18.1. The molecule has 1 aromatic rings. The van der Waals surface area contributed by atoms with E-state index in [0.717, 1.165) is 25.8 Å². The summed E-state index contributed by atoms with van der Waals surface area (Å²) in [5.41, 5.74) is -0.129. The number of carbonyl (C=O) groups excluding carboxylic acids is 3. The summed E-state index contributed by atoms with van der Waals surface area (Å²) in [6.45, 7) is 7.40. The van der Waals surface area contributed by atoms with Crippen LogP contribution in [0.1, 0.15) is 43.5 Å². The fourth-order valence-corrected chi connectivity index (χ4v) is 5.78. The van der Waals surface area contributed by atoms with Gasteiger partial charge in [-0.15, -0.1) is 0 Å². The Kier molecular flexibility index (Phi) is 5.24. The molecule has 0 bridgehead atoms. The van der Waals surface area contributed by atoms with E-state index < -0.39 is 5.41 Å². The summed E-state index contributed by atoms with van der Waals surface area (Å²) in [6, 6.07) is 7.22. The molecule has 3 fully saturated rings. The predicted octanol–water partition coefficient (Wildman–Crippen LogP) is 2.02.